The molecule has 0 bridgehead atoms. The molecule has 122 valence electrons. The first kappa shape index (κ1) is 18.2. The van der Waals surface area contributed by atoms with Crippen LogP contribution < -0.4 is 5.32 Å². The Morgan fingerprint density at radius 1 is 1.13 bits per heavy atom. The van der Waals surface area contributed by atoms with E-state index in [1.807, 2.05) is 42.5 Å². The summed E-state index contributed by atoms with van der Waals surface area (Å²) in [6.45, 7) is 2.07. The molecule has 1 atom stereocenters. The molecule has 1 amide bonds. The molecule has 0 fully saturated rings. The van der Waals surface area contributed by atoms with E-state index in [-0.39, 0.29) is 11.9 Å². The van der Waals surface area contributed by atoms with Crippen LogP contribution in [-0.2, 0) is 10.5 Å². The zero-order valence-electron chi connectivity index (χ0n) is 12.9. The Morgan fingerprint density at radius 2 is 1.87 bits per heavy atom. The molecular formula is C18H19Cl2NOS. The predicted molar refractivity (Wildman–Crippen MR) is 100 cm³/mol. The van der Waals surface area contributed by atoms with Gasteiger partial charge in [-0.1, -0.05) is 66.5 Å². The molecule has 0 radical (unpaired) electrons. The maximum atomic E-state index is 12.1. The first-order chi connectivity index (χ1) is 11.1. The highest BCUT2D eigenvalue weighted by atomic mass is 35.5. The minimum absolute atomic E-state index is 0.0470. The van der Waals surface area contributed by atoms with Crippen molar-refractivity contribution < 1.29 is 4.79 Å². The summed E-state index contributed by atoms with van der Waals surface area (Å²) < 4.78 is 0. The van der Waals surface area contributed by atoms with Crippen LogP contribution in [0.2, 0.25) is 10.0 Å². The summed E-state index contributed by atoms with van der Waals surface area (Å²) in [5.74, 6) is 1.20. The molecule has 0 saturated carbocycles. The molecule has 2 nitrogen and oxygen atoms in total. The highest BCUT2D eigenvalue weighted by Gasteiger charge is 2.12. The number of hydrogen-bond donors (Lipinski definition) is 1. The fraction of sp³-hybridized carbons (Fsp3) is 0.278. The lowest BCUT2D eigenvalue weighted by atomic mass is 10.0. The van der Waals surface area contributed by atoms with Crippen LogP contribution >= 0.6 is 35.0 Å². The second-order valence-electron chi connectivity index (χ2n) is 5.18. The highest BCUT2D eigenvalue weighted by molar-refractivity contribution is 7.99. The smallest absolute Gasteiger partial charge is 0.230 e. The molecule has 0 aliphatic carbocycles. The van der Waals surface area contributed by atoms with Gasteiger partial charge in [-0.2, -0.15) is 0 Å². The van der Waals surface area contributed by atoms with Crippen LogP contribution in [0.5, 0.6) is 0 Å². The maximum Gasteiger partial charge on any atom is 0.230 e. The van der Waals surface area contributed by atoms with Crippen LogP contribution in [0.15, 0.2) is 48.5 Å². The first-order valence-electron chi connectivity index (χ1n) is 7.46. The second kappa shape index (κ2) is 9.21. The molecule has 0 aliphatic rings. The molecule has 0 unspecified atom stereocenters. The van der Waals surface area contributed by atoms with E-state index in [4.69, 9.17) is 23.2 Å². The Morgan fingerprint density at radius 3 is 2.52 bits per heavy atom. The van der Waals surface area contributed by atoms with Gasteiger partial charge >= 0.3 is 0 Å². The molecule has 1 N–H and O–H groups in total. The fourth-order valence-corrected chi connectivity index (χ4v) is 3.34. The Balaban J connectivity index is 1.81. The molecule has 2 aromatic carbocycles. The van der Waals surface area contributed by atoms with E-state index < -0.39 is 0 Å². The molecule has 2 aromatic rings. The first-order valence-corrected chi connectivity index (χ1v) is 9.37. The molecule has 0 spiro atoms. The third-order valence-corrected chi connectivity index (χ3v) is 5.17. The summed E-state index contributed by atoms with van der Waals surface area (Å²) >= 11 is 13.4. The van der Waals surface area contributed by atoms with Gasteiger partial charge in [-0.05, 0) is 29.7 Å². The Kier molecular flexibility index (Phi) is 7.28. The molecule has 0 aromatic heterocycles. The zero-order valence-corrected chi connectivity index (χ0v) is 15.2. The number of amides is 1. The summed E-state index contributed by atoms with van der Waals surface area (Å²) in [4.78, 5) is 12.1. The minimum Gasteiger partial charge on any atom is -0.349 e. The maximum absolute atomic E-state index is 12.1. The summed E-state index contributed by atoms with van der Waals surface area (Å²) in [5.41, 5.74) is 2.20. The topological polar surface area (TPSA) is 29.1 Å². The normalized spacial score (nSPS) is 12.0. The molecule has 0 saturated heterocycles. The quantitative estimate of drug-likeness (QED) is 0.700. The van der Waals surface area contributed by atoms with Crippen molar-refractivity contribution in [3.05, 3.63) is 69.7 Å². The third kappa shape index (κ3) is 5.76. The number of carbonyl (C=O) groups excluding carboxylic acids is 1. The van der Waals surface area contributed by atoms with Gasteiger partial charge in [0.1, 0.15) is 0 Å². The number of benzene rings is 2. The van der Waals surface area contributed by atoms with Crippen LogP contribution in [0.4, 0.5) is 0 Å². The van der Waals surface area contributed by atoms with Crippen molar-refractivity contribution in [3.63, 3.8) is 0 Å². The van der Waals surface area contributed by atoms with Gasteiger partial charge in [0.05, 0.1) is 21.8 Å². The lowest BCUT2D eigenvalue weighted by Crippen LogP contribution is -2.29. The number of nitrogens with one attached hydrogen (secondary N) is 1. The van der Waals surface area contributed by atoms with Gasteiger partial charge in [-0.3, -0.25) is 4.79 Å². The summed E-state index contributed by atoms with van der Waals surface area (Å²) in [7, 11) is 0. The zero-order chi connectivity index (χ0) is 16.7. The summed E-state index contributed by atoms with van der Waals surface area (Å²) in [5, 5.41) is 4.18. The van der Waals surface area contributed by atoms with Crippen molar-refractivity contribution >= 4 is 40.9 Å². The molecule has 0 aliphatic heterocycles. The van der Waals surface area contributed by atoms with Crippen molar-refractivity contribution in [1.82, 2.24) is 5.32 Å². The van der Waals surface area contributed by atoms with Gasteiger partial charge in [0.25, 0.3) is 0 Å². The third-order valence-electron chi connectivity index (χ3n) is 3.43. The molecule has 23 heavy (non-hydrogen) atoms. The van der Waals surface area contributed by atoms with Crippen LogP contribution in [0, 0.1) is 0 Å². The number of halogens is 2. The van der Waals surface area contributed by atoms with Gasteiger partial charge in [-0.25, -0.2) is 0 Å². The Hall–Kier alpha value is -1.16. The Bertz CT molecular complexity index is 649. The monoisotopic (exact) mass is 367 g/mol. The number of carbonyl (C=O) groups is 1. The van der Waals surface area contributed by atoms with Gasteiger partial charge in [0.2, 0.25) is 5.91 Å². The van der Waals surface area contributed by atoms with Crippen LogP contribution in [0.1, 0.15) is 30.5 Å². The SMILES string of the molecule is CC[C@@H](NC(=O)CSCc1ccc(Cl)c(Cl)c1)c1ccccc1. The minimum atomic E-state index is 0.0470. The van der Waals surface area contributed by atoms with E-state index in [2.05, 4.69) is 12.2 Å². The van der Waals surface area contributed by atoms with Crippen molar-refractivity contribution in [3.8, 4) is 0 Å². The number of hydrogen-bond acceptors (Lipinski definition) is 2. The largest absolute Gasteiger partial charge is 0.349 e. The fourth-order valence-electron chi connectivity index (χ4n) is 2.23. The lowest BCUT2D eigenvalue weighted by Gasteiger charge is -2.17. The van der Waals surface area contributed by atoms with Gasteiger partial charge in [0, 0.05) is 5.75 Å². The molecule has 2 rings (SSSR count). The van der Waals surface area contributed by atoms with E-state index in [0.717, 1.165) is 23.3 Å². The van der Waals surface area contributed by atoms with E-state index in [1.54, 1.807) is 17.8 Å². The van der Waals surface area contributed by atoms with Crippen molar-refractivity contribution in [2.45, 2.75) is 25.1 Å². The molecule has 0 heterocycles. The molecular weight excluding hydrogens is 349 g/mol. The summed E-state index contributed by atoms with van der Waals surface area (Å²) in [6, 6.07) is 15.6. The second-order valence-corrected chi connectivity index (χ2v) is 6.98. The van der Waals surface area contributed by atoms with Crippen molar-refractivity contribution in [2.24, 2.45) is 0 Å². The van der Waals surface area contributed by atoms with Crippen molar-refractivity contribution in [1.29, 1.82) is 0 Å². The van der Waals surface area contributed by atoms with Gasteiger partial charge in [-0.15, -0.1) is 11.8 Å². The highest BCUT2D eigenvalue weighted by Crippen LogP contribution is 2.24. The van der Waals surface area contributed by atoms with Gasteiger partial charge < -0.3 is 5.32 Å². The van der Waals surface area contributed by atoms with E-state index in [0.29, 0.717) is 15.8 Å². The average Bonchev–Trinajstić information content (AvgIpc) is 2.56. The average molecular weight is 368 g/mol. The van der Waals surface area contributed by atoms with E-state index in [1.165, 1.54) is 0 Å². The van der Waals surface area contributed by atoms with E-state index >= 15 is 0 Å². The van der Waals surface area contributed by atoms with Crippen LogP contribution in [0.3, 0.4) is 0 Å². The molecule has 5 heteroatoms. The van der Waals surface area contributed by atoms with Crippen LogP contribution in [0.25, 0.3) is 0 Å². The lowest BCUT2D eigenvalue weighted by molar-refractivity contribution is -0.119. The standard InChI is InChI=1S/C18H19Cl2NOS/c1-2-17(14-6-4-3-5-7-14)21-18(22)12-23-11-13-8-9-15(19)16(20)10-13/h3-10,17H,2,11-12H2,1H3,(H,21,22)/t17-/m1/s1. The van der Waals surface area contributed by atoms with Gasteiger partial charge in [0.15, 0.2) is 0 Å². The number of rotatable bonds is 7. The summed E-state index contributed by atoms with van der Waals surface area (Å²) in [6.07, 6.45) is 0.868. The van der Waals surface area contributed by atoms with Crippen molar-refractivity contribution in [2.75, 3.05) is 5.75 Å². The predicted octanol–water partition coefficient (Wildman–Crippen LogP) is 5.49. The van der Waals surface area contributed by atoms with Crippen LogP contribution in [-0.4, -0.2) is 11.7 Å². The number of thioether (sulfide) groups is 1. The Labute approximate surface area is 151 Å². The van der Waals surface area contributed by atoms with E-state index in [9.17, 15) is 4.79 Å².